The largest absolute Gasteiger partial charge is 0.357 e. The summed E-state index contributed by atoms with van der Waals surface area (Å²) in [5, 5.41) is 9.40. The van der Waals surface area contributed by atoms with Gasteiger partial charge in [-0.1, -0.05) is 30.3 Å². The molecule has 1 fully saturated rings. The molecule has 0 bridgehead atoms. The van der Waals surface area contributed by atoms with Crippen molar-refractivity contribution >= 4 is 11.9 Å². The van der Waals surface area contributed by atoms with E-state index in [2.05, 4.69) is 56.2 Å². The third kappa shape index (κ3) is 6.38. The van der Waals surface area contributed by atoms with E-state index in [0.29, 0.717) is 18.5 Å². The summed E-state index contributed by atoms with van der Waals surface area (Å²) < 4.78 is 0. The number of hydrogen-bond acceptors (Lipinski definition) is 3. The monoisotopic (exact) mass is 345 g/mol. The van der Waals surface area contributed by atoms with Crippen LogP contribution in [0.4, 0.5) is 0 Å². The first-order valence-corrected chi connectivity index (χ1v) is 9.32. The summed E-state index contributed by atoms with van der Waals surface area (Å²) in [7, 11) is 0. The highest BCUT2D eigenvalue weighted by Crippen LogP contribution is 2.24. The van der Waals surface area contributed by atoms with Crippen molar-refractivity contribution in [2.45, 2.75) is 32.7 Å². The maximum absolute atomic E-state index is 11.6. The number of nitrogens with one attached hydrogen (secondary N) is 3. The summed E-state index contributed by atoms with van der Waals surface area (Å²) >= 11 is 0. The molecule has 1 heterocycles. The molecule has 1 amide bonds. The van der Waals surface area contributed by atoms with Gasteiger partial charge in [-0.3, -0.25) is 9.69 Å². The zero-order valence-corrected chi connectivity index (χ0v) is 15.4. The molecule has 2 rings (SSSR count). The molecule has 1 aromatic rings. The van der Waals surface area contributed by atoms with Gasteiger partial charge in [0.25, 0.3) is 0 Å². The van der Waals surface area contributed by atoms with Crippen molar-refractivity contribution in [2.75, 3.05) is 39.3 Å². The minimum atomic E-state index is -0.0566. The molecule has 6 nitrogen and oxygen atoms in total. The summed E-state index contributed by atoms with van der Waals surface area (Å²) in [5.74, 6) is 0.632. The van der Waals surface area contributed by atoms with Crippen molar-refractivity contribution in [3.05, 3.63) is 35.9 Å². The normalized spacial score (nSPS) is 16.5. The number of likely N-dealkylation sites (tertiary alicyclic amines) is 1. The van der Waals surface area contributed by atoms with Gasteiger partial charge in [-0.05, 0) is 45.3 Å². The van der Waals surface area contributed by atoms with Crippen LogP contribution >= 0.6 is 0 Å². The summed E-state index contributed by atoms with van der Waals surface area (Å²) in [6, 6.07) is 10.9. The minimum Gasteiger partial charge on any atom is -0.357 e. The quantitative estimate of drug-likeness (QED) is 0.493. The molecule has 1 aliphatic rings. The first-order valence-electron chi connectivity index (χ1n) is 9.32. The van der Waals surface area contributed by atoms with Crippen molar-refractivity contribution in [3.63, 3.8) is 0 Å². The maximum Gasteiger partial charge on any atom is 0.241 e. The molecule has 0 aliphatic carbocycles. The highest BCUT2D eigenvalue weighted by atomic mass is 16.1. The number of amides is 1. The molecule has 25 heavy (non-hydrogen) atoms. The molecular weight excluding hydrogens is 314 g/mol. The van der Waals surface area contributed by atoms with E-state index in [-0.39, 0.29) is 12.5 Å². The Morgan fingerprint density at radius 3 is 2.40 bits per heavy atom. The first kappa shape index (κ1) is 19.2. The van der Waals surface area contributed by atoms with Crippen LogP contribution in [0.5, 0.6) is 0 Å². The van der Waals surface area contributed by atoms with Crippen molar-refractivity contribution < 1.29 is 4.79 Å². The summed E-state index contributed by atoms with van der Waals surface area (Å²) in [4.78, 5) is 18.6. The Kier molecular flexibility index (Phi) is 8.25. The van der Waals surface area contributed by atoms with Crippen LogP contribution in [0.15, 0.2) is 35.3 Å². The first-order chi connectivity index (χ1) is 12.2. The molecule has 0 spiro atoms. The topological polar surface area (TPSA) is 68.8 Å². The lowest BCUT2D eigenvalue weighted by atomic mass is 10.1. The van der Waals surface area contributed by atoms with Crippen molar-refractivity contribution in [1.82, 2.24) is 20.9 Å². The number of benzene rings is 1. The van der Waals surface area contributed by atoms with Crippen LogP contribution in [0, 0.1) is 0 Å². The van der Waals surface area contributed by atoms with E-state index in [9.17, 15) is 4.79 Å². The Balaban J connectivity index is 2.00. The predicted molar refractivity (Wildman–Crippen MR) is 103 cm³/mol. The van der Waals surface area contributed by atoms with E-state index in [4.69, 9.17) is 0 Å². The Morgan fingerprint density at radius 2 is 1.76 bits per heavy atom. The predicted octanol–water partition coefficient (Wildman–Crippen LogP) is 1.51. The lowest BCUT2D eigenvalue weighted by molar-refractivity contribution is -0.119. The van der Waals surface area contributed by atoms with Crippen LogP contribution in [0.1, 0.15) is 38.3 Å². The molecule has 1 aliphatic heterocycles. The van der Waals surface area contributed by atoms with Gasteiger partial charge in [0.1, 0.15) is 6.54 Å². The standard InChI is InChI=1S/C19H31N5O/c1-3-20-18(25)15-23-19(21-4-2)22-14-17(24-12-8-9-13-24)16-10-6-5-7-11-16/h5-7,10-11,17H,3-4,8-9,12-15H2,1-2H3,(H,20,25)(H2,21,22,23). The average Bonchev–Trinajstić information content (AvgIpc) is 3.15. The molecule has 1 atom stereocenters. The van der Waals surface area contributed by atoms with E-state index < -0.39 is 0 Å². The number of aliphatic imine (C=N–C) groups is 1. The van der Waals surface area contributed by atoms with Gasteiger partial charge in [-0.2, -0.15) is 0 Å². The molecular formula is C19H31N5O. The minimum absolute atomic E-state index is 0.0566. The van der Waals surface area contributed by atoms with Crippen LogP contribution in [0.25, 0.3) is 0 Å². The molecule has 0 saturated carbocycles. The number of carbonyl (C=O) groups is 1. The highest BCUT2D eigenvalue weighted by molar-refractivity contribution is 5.84. The van der Waals surface area contributed by atoms with Gasteiger partial charge in [0.2, 0.25) is 5.91 Å². The number of rotatable bonds is 8. The van der Waals surface area contributed by atoms with Crippen LogP contribution < -0.4 is 16.0 Å². The Bertz CT molecular complexity index is 540. The van der Waals surface area contributed by atoms with Gasteiger partial charge in [0, 0.05) is 19.6 Å². The van der Waals surface area contributed by atoms with Crippen molar-refractivity contribution in [2.24, 2.45) is 4.99 Å². The van der Waals surface area contributed by atoms with Crippen LogP contribution in [0.3, 0.4) is 0 Å². The van der Waals surface area contributed by atoms with E-state index in [0.717, 1.165) is 26.2 Å². The SMILES string of the molecule is CCNC(=O)CN=C(NCC)NCC(c1ccccc1)N1CCCC1. The van der Waals surface area contributed by atoms with Gasteiger partial charge in [0.15, 0.2) is 5.96 Å². The molecule has 1 unspecified atom stereocenters. The molecule has 3 N–H and O–H groups in total. The van der Waals surface area contributed by atoms with Crippen molar-refractivity contribution in [3.8, 4) is 0 Å². The average molecular weight is 345 g/mol. The summed E-state index contributed by atoms with van der Waals surface area (Å²) in [6.07, 6.45) is 2.52. The van der Waals surface area contributed by atoms with Crippen LogP contribution in [-0.4, -0.2) is 56.0 Å². The maximum atomic E-state index is 11.6. The zero-order valence-electron chi connectivity index (χ0n) is 15.4. The lowest BCUT2D eigenvalue weighted by Crippen LogP contribution is -2.43. The number of carbonyl (C=O) groups excluding carboxylic acids is 1. The van der Waals surface area contributed by atoms with E-state index in [1.54, 1.807) is 0 Å². The smallest absolute Gasteiger partial charge is 0.241 e. The van der Waals surface area contributed by atoms with Crippen LogP contribution in [0.2, 0.25) is 0 Å². The van der Waals surface area contributed by atoms with E-state index in [1.165, 1.54) is 18.4 Å². The van der Waals surface area contributed by atoms with Gasteiger partial charge in [-0.25, -0.2) is 4.99 Å². The molecule has 0 radical (unpaired) electrons. The van der Waals surface area contributed by atoms with Gasteiger partial charge >= 0.3 is 0 Å². The van der Waals surface area contributed by atoms with E-state index >= 15 is 0 Å². The molecule has 1 saturated heterocycles. The fraction of sp³-hybridized carbons (Fsp3) is 0.579. The van der Waals surface area contributed by atoms with Gasteiger partial charge < -0.3 is 16.0 Å². The molecule has 6 heteroatoms. The number of likely N-dealkylation sites (N-methyl/N-ethyl adjacent to an activating group) is 1. The van der Waals surface area contributed by atoms with E-state index in [1.807, 2.05) is 13.8 Å². The third-order valence-electron chi connectivity index (χ3n) is 4.33. The van der Waals surface area contributed by atoms with Crippen LogP contribution in [-0.2, 0) is 4.79 Å². The van der Waals surface area contributed by atoms with Crippen molar-refractivity contribution in [1.29, 1.82) is 0 Å². The summed E-state index contributed by atoms with van der Waals surface area (Å²) in [5.41, 5.74) is 1.32. The zero-order chi connectivity index (χ0) is 17.9. The van der Waals surface area contributed by atoms with Gasteiger partial charge in [-0.15, -0.1) is 0 Å². The Morgan fingerprint density at radius 1 is 1.08 bits per heavy atom. The Hall–Kier alpha value is -2.08. The summed E-state index contributed by atoms with van der Waals surface area (Å²) in [6.45, 7) is 8.50. The van der Waals surface area contributed by atoms with Gasteiger partial charge in [0.05, 0.1) is 6.04 Å². The lowest BCUT2D eigenvalue weighted by Gasteiger charge is -2.29. The fourth-order valence-electron chi connectivity index (χ4n) is 3.13. The second-order valence-corrected chi connectivity index (χ2v) is 6.20. The molecule has 1 aromatic carbocycles. The second-order valence-electron chi connectivity index (χ2n) is 6.20. The second kappa shape index (κ2) is 10.7. The molecule has 138 valence electrons. The third-order valence-corrected chi connectivity index (χ3v) is 4.33. The number of hydrogen-bond donors (Lipinski definition) is 3. The number of nitrogens with zero attached hydrogens (tertiary/aromatic N) is 2. The fourth-order valence-corrected chi connectivity index (χ4v) is 3.13. The number of guanidine groups is 1. The highest BCUT2D eigenvalue weighted by Gasteiger charge is 2.23. The molecule has 0 aromatic heterocycles. The Labute approximate surface area is 151 Å².